The number of aromatic amines is 1. The van der Waals surface area contributed by atoms with Crippen LogP contribution in [0.1, 0.15) is 12.8 Å². The number of H-pyrrole nitrogens is 1. The fourth-order valence-electron chi connectivity index (χ4n) is 3.45. The maximum Gasteiger partial charge on any atom is 0.203 e. The zero-order chi connectivity index (χ0) is 17.9. The molecular weight excluding hydrogens is 328 g/mol. The van der Waals surface area contributed by atoms with Gasteiger partial charge in [0.2, 0.25) is 5.95 Å². The molecule has 136 valence electrons. The molecule has 2 N–H and O–H groups in total. The minimum Gasteiger partial charge on any atom is -0.497 e. The van der Waals surface area contributed by atoms with E-state index >= 15 is 0 Å². The normalized spacial score (nSPS) is 15.2. The highest BCUT2D eigenvalue weighted by Crippen LogP contribution is 2.28. The Kier molecular flexibility index (Phi) is 4.56. The van der Waals surface area contributed by atoms with Crippen LogP contribution in [0.25, 0.3) is 11.0 Å². The summed E-state index contributed by atoms with van der Waals surface area (Å²) in [5, 5.41) is 3.61. The predicted molar refractivity (Wildman–Crippen MR) is 104 cm³/mol. The number of fused-ring (bicyclic) bond motifs is 1. The van der Waals surface area contributed by atoms with Crippen LogP contribution in [0.15, 0.2) is 42.5 Å². The van der Waals surface area contributed by atoms with Crippen LogP contribution in [-0.4, -0.2) is 43.3 Å². The molecule has 0 amide bonds. The largest absolute Gasteiger partial charge is 0.497 e. The lowest BCUT2D eigenvalue weighted by molar-refractivity contribution is 0.394. The van der Waals surface area contributed by atoms with Crippen molar-refractivity contribution in [3.05, 3.63) is 42.5 Å². The Morgan fingerprint density at radius 3 is 2.38 bits per heavy atom. The summed E-state index contributed by atoms with van der Waals surface area (Å²) in [4.78, 5) is 10.5. The van der Waals surface area contributed by atoms with Crippen molar-refractivity contribution >= 4 is 22.7 Å². The Morgan fingerprint density at radius 2 is 1.73 bits per heavy atom. The molecule has 3 aromatic rings. The van der Waals surface area contributed by atoms with Crippen molar-refractivity contribution in [1.29, 1.82) is 0 Å². The second-order valence-electron chi connectivity index (χ2n) is 6.58. The van der Waals surface area contributed by atoms with Crippen LogP contribution in [0.3, 0.4) is 0 Å². The third-order valence-electron chi connectivity index (χ3n) is 4.89. The van der Waals surface area contributed by atoms with Gasteiger partial charge >= 0.3 is 0 Å². The van der Waals surface area contributed by atoms with Gasteiger partial charge < -0.3 is 24.7 Å². The molecule has 6 nitrogen and oxygen atoms in total. The molecule has 0 atom stereocenters. The maximum atomic E-state index is 5.35. The molecule has 0 bridgehead atoms. The minimum atomic E-state index is 0.424. The summed E-state index contributed by atoms with van der Waals surface area (Å²) < 4.78 is 10.7. The zero-order valence-electron chi connectivity index (χ0n) is 15.2. The Hall–Kier alpha value is -2.89. The molecule has 1 aliphatic rings. The number of para-hydroxylation sites is 2. The Balaban J connectivity index is 1.40. The van der Waals surface area contributed by atoms with E-state index in [1.807, 2.05) is 36.4 Å². The van der Waals surface area contributed by atoms with Gasteiger partial charge in [0.05, 0.1) is 25.3 Å². The van der Waals surface area contributed by atoms with Gasteiger partial charge in [0.1, 0.15) is 11.5 Å². The second kappa shape index (κ2) is 7.15. The van der Waals surface area contributed by atoms with Crippen molar-refractivity contribution in [1.82, 2.24) is 9.97 Å². The van der Waals surface area contributed by atoms with Gasteiger partial charge in [-0.25, -0.2) is 4.98 Å². The fourth-order valence-corrected chi connectivity index (χ4v) is 3.45. The van der Waals surface area contributed by atoms with E-state index in [1.165, 1.54) is 0 Å². The summed E-state index contributed by atoms with van der Waals surface area (Å²) in [5.74, 6) is 2.56. The number of nitrogens with zero attached hydrogens (tertiary/aromatic N) is 2. The number of piperidine rings is 1. The van der Waals surface area contributed by atoms with Crippen molar-refractivity contribution in [2.75, 3.05) is 37.5 Å². The van der Waals surface area contributed by atoms with Crippen molar-refractivity contribution in [2.45, 2.75) is 18.9 Å². The number of benzene rings is 2. The van der Waals surface area contributed by atoms with Crippen LogP contribution < -0.4 is 19.7 Å². The lowest BCUT2D eigenvalue weighted by atomic mass is 10.0. The third kappa shape index (κ3) is 3.40. The number of hydrogen-bond donors (Lipinski definition) is 2. The number of ether oxygens (including phenoxy) is 2. The highest BCUT2D eigenvalue weighted by Gasteiger charge is 2.21. The Labute approximate surface area is 153 Å². The highest BCUT2D eigenvalue weighted by molar-refractivity contribution is 5.77. The summed E-state index contributed by atoms with van der Waals surface area (Å²) in [6.07, 6.45) is 2.10. The first-order chi connectivity index (χ1) is 12.7. The number of imidazole rings is 1. The van der Waals surface area contributed by atoms with Crippen molar-refractivity contribution < 1.29 is 9.47 Å². The van der Waals surface area contributed by atoms with E-state index in [2.05, 4.69) is 21.3 Å². The molecule has 0 radical (unpaired) electrons. The minimum absolute atomic E-state index is 0.424. The summed E-state index contributed by atoms with van der Waals surface area (Å²) in [6, 6.07) is 14.5. The molecule has 0 saturated carbocycles. The monoisotopic (exact) mass is 352 g/mol. The van der Waals surface area contributed by atoms with Gasteiger partial charge in [-0.15, -0.1) is 0 Å². The van der Waals surface area contributed by atoms with Crippen LogP contribution >= 0.6 is 0 Å². The number of nitrogens with one attached hydrogen (secondary N) is 2. The van der Waals surface area contributed by atoms with Crippen LogP contribution in [0.5, 0.6) is 11.5 Å². The van der Waals surface area contributed by atoms with E-state index in [1.54, 1.807) is 14.2 Å². The molecule has 6 heteroatoms. The third-order valence-corrected chi connectivity index (χ3v) is 4.89. The summed E-state index contributed by atoms with van der Waals surface area (Å²) in [7, 11) is 3.34. The standard InChI is InChI=1S/C20H24N4O2/c1-25-16-11-15(12-17(13-16)26-2)21-14-7-9-24(10-8-14)20-22-18-5-3-4-6-19(18)23-20/h3-6,11-14,21H,7-10H2,1-2H3,(H,22,23). The maximum absolute atomic E-state index is 5.35. The number of methoxy groups -OCH3 is 2. The van der Waals surface area contributed by atoms with Crippen LogP contribution in [0.4, 0.5) is 11.6 Å². The van der Waals surface area contributed by atoms with E-state index in [-0.39, 0.29) is 0 Å². The molecule has 0 aliphatic carbocycles. The predicted octanol–water partition coefficient (Wildman–Crippen LogP) is 3.66. The number of hydrogen-bond acceptors (Lipinski definition) is 5. The van der Waals surface area contributed by atoms with Gasteiger partial charge in [-0.05, 0) is 25.0 Å². The highest BCUT2D eigenvalue weighted by atomic mass is 16.5. The molecule has 4 rings (SSSR count). The lowest BCUT2D eigenvalue weighted by Crippen LogP contribution is -2.39. The quantitative estimate of drug-likeness (QED) is 0.734. The van der Waals surface area contributed by atoms with Gasteiger partial charge in [0.25, 0.3) is 0 Å². The smallest absolute Gasteiger partial charge is 0.203 e. The molecule has 0 unspecified atom stereocenters. The average Bonchev–Trinajstić information content (AvgIpc) is 3.12. The zero-order valence-corrected chi connectivity index (χ0v) is 15.2. The van der Waals surface area contributed by atoms with E-state index in [4.69, 9.17) is 14.5 Å². The summed E-state index contributed by atoms with van der Waals surface area (Å²) in [6.45, 7) is 1.94. The molecule has 26 heavy (non-hydrogen) atoms. The van der Waals surface area contributed by atoms with Crippen molar-refractivity contribution in [2.24, 2.45) is 0 Å². The van der Waals surface area contributed by atoms with Gasteiger partial charge in [-0.2, -0.15) is 0 Å². The molecule has 1 saturated heterocycles. The first-order valence-electron chi connectivity index (χ1n) is 8.94. The number of anilines is 2. The Bertz CT molecular complexity index is 829. The molecule has 2 heterocycles. The van der Waals surface area contributed by atoms with Crippen molar-refractivity contribution in [3.8, 4) is 11.5 Å². The summed E-state index contributed by atoms with van der Waals surface area (Å²) in [5.41, 5.74) is 3.14. The van der Waals surface area contributed by atoms with E-state index < -0.39 is 0 Å². The van der Waals surface area contributed by atoms with Gasteiger partial charge in [0, 0.05) is 43.0 Å². The van der Waals surface area contributed by atoms with E-state index in [0.717, 1.165) is 60.1 Å². The average molecular weight is 352 g/mol. The lowest BCUT2D eigenvalue weighted by Gasteiger charge is -2.32. The topological polar surface area (TPSA) is 62.4 Å². The second-order valence-corrected chi connectivity index (χ2v) is 6.58. The first-order valence-corrected chi connectivity index (χ1v) is 8.94. The van der Waals surface area contributed by atoms with Gasteiger partial charge in [-0.1, -0.05) is 12.1 Å². The first kappa shape index (κ1) is 16.6. The van der Waals surface area contributed by atoms with E-state index in [0.29, 0.717) is 6.04 Å². The molecule has 1 fully saturated rings. The number of rotatable bonds is 5. The Morgan fingerprint density at radius 1 is 1.04 bits per heavy atom. The number of aromatic nitrogens is 2. The molecule has 2 aromatic carbocycles. The van der Waals surface area contributed by atoms with Crippen molar-refractivity contribution in [3.63, 3.8) is 0 Å². The van der Waals surface area contributed by atoms with Gasteiger partial charge in [-0.3, -0.25) is 0 Å². The van der Waals surface area contributed by atoms with Crippen LogP contribution in [0, 0.1) is 0 Å². The SMILES string of the molecule is COc1cc(NC2CCN(c3nc4ccccc4[nH]3)CC2)cc(OC)c1. The fraction of sp³-hybridized carbons (Fsp3) is 0.350. The van der Waals surface area contributed by atoms with E-state index in [9.17, 15) is 0 Å². The molecular formula is C20H24N4O2. The van der Waals surface area contributed by atoms with Crippen LogP contribution in [0.2, 0.25) is 0 Å². The van der Waals surface area contributed by atoms with Crippen LogP contribution in [-0.2, 0) is 0 Å². The summed E-state index contributed by atoms with van der Waals surface area (Å²) >= 11 is 0. The molecule has 1 aromatic heterocycles. The van der Waals surface area contributed by atoms with Gasteiger partial charge in [0.15, 0.2) is 0 Å². The molecule has 0 spiro atoms. The molecule has 1 aliphatic heterocycles.